The smallest absolute Gasteiger partial charge is 0.176 e. The van der Waals surface area contributed by atoms with E-state index in [1.165, 1.54) is 10.5 Å². The van der Waals surface area contributed by atoms with Gasteiger partial charge in [-0.1, -0.05) is 17.7 Å². The van der Waals surface area contributed by atoms with Crippen molar-refractivity contribution in [2.24, 2.45) is 0 Å². The van der Waals surface area contributed by atoms with Crippen LogP contribution >= 0.6 is 11.8 Å². The zero-order valence-electron chi connectivity index (χ0n) is 8.97. The number of benzene rings is 1. The number of rotatable bonds is 4. The Hall–Kier alpha value is -1.33. The molecule has 5 heteroatoms. The van der Waals surface area contributed by atoms with Crippen molar-refractivity contribution < 1.29 is 5.11 Å². The number of hydrogen-bond donors (Lipinski definition) is 2. The summed E-state index contributed by atoms with van der Waals surface area (Å²) in [5.74, 6) is 1.96. The van der Waals surface area contributed by atoms with Gasteiger partial charge in [-0.15, -0.1) is 11.8 Å². The van der Waals surface area contributed by atoms with Crippen molar-refractivity contribution in [3.63, 3.8) is 0 Å². The number of nitrogens with zero attached hydrogens (tertiary/aromatic N) is 2. The zero-order chi connectivity index (χ0) is 11.4. The lowest BCUT2D eigenvalue weighted by Gasteiger charge is -1.99. The Labute approximate surface area is 98.1 Å². The van der Waals surface area contributed by atoms with Gasteiger partial charge in [0, 0.05) is 4.90 Å². The van der Waals surface area contributed by atoms with Crippen LogP contribution in [0.2, 0.25) is 0 Å². The molecule has 0 atom stereocenters. The first-order valence-corrected chi connectivity index (χ1v) is 5.97. The summed E-state index contributed by atoms with van der Waals surface area (Å²) in [5.41, 5.74) is 1.26. The highest BCUT2D eigenvalue weighted by atomic mass is 32.2. The summed E-state index contributed by atoms with van der Waals surface area (Å²) >= 11 is 1.69. The highest BCUT2D eigenvalue weighted by molar-refractivity contribution is 7.98. The molecule has 1 aromatic carbocycles. The Bertz CT molecular complexity index is 453. The molecule has 0 bridgehead atoms. The number of hydrogen-bond acceptors (Lipinski definition) is 4. The summed E-state index contributed by atoms with van der Waals surface area (Å²) in [5, 5.41) is 15.5. The van der Waals surface area contributed by atoms with E-state index >= 15 is 0 Å². The van der Waals surface area contributed by atoms with Gasteiger partial charge in [-0.3, -0.25) is 5.10 Å². The average molecular weight is 235 g/mol. The maximum absolute atomic E-state index is 8.81. The first-order valence-electron chi connectivity index (χ1n) is 4.98. The van der Waals surface area contributed by atoms with Crippen LogP contribution in [0.25, 0.3) is 0 Å². The fourth-order valence-corrected chi connectivity index (χ4v) is 2.02. The first kappa shape index (κ1) is 11.2. The monoisotopic (exact) mass is 235 g/mol. The van der Waals surface area contributed by atoms with Crippen LogP contribution in [0.3, 0.4) is 0 Å². The summed E-state index contributed by atoms with van der Waals surface area (Å²) < 4.78 is 0. The molecule has 2 N–H and O–H groups in total. The van der Waals surface area contributed by atoms with Gasteiger partial charge in [0.1, 0.15) is 12.4 Å². The van der Waals surface area contributed by atoms with Crippen molar-refractivity contribution in [1.82, 2.24) is 15.2 Å². The first-order chi connectivity index (χ1) is 7.78. The largest absolute Gasteiger partial charge is 0.388 e. The second-order valence-corrected chi connectivity index (χ2v) is 4.51. The lowest BCUT2D eigenvalue weighted by Crippen LogP contribution is -1.86. The lowest BCUT2D eigenvalue weighted by molar-refractivity contribution is 0.272. The van der Waals surface area contributed by atoms with E-state index in [1.807, 2.05) is 0 Å². The van der Waals surface area contributed by atoms with Crippen molar-refractivity contribution in [2.45, 2.75) is 24.2 Å². The van der Waals surface area contributed by atoms with Crippen LogP contribution in [0, 0.1) is 6.92 Å². The second kappa shape index (κ2) is 5.14. The Morgan fingerprint density at radius 1 is 1.31 bits per heavy atom. The Balaban J connectivity index is 1.94. The molecule has 0 amide bonds. The number of thioether (sulfide) groups is 1. The number of nitrogens with one attached hydrogen (secondary N) is 1. The van der Waals surface area contributed by atoms with Gasteiger partial charge >= 0.3 is 0 Å². The predicted octanol–water partition coefficient (Wildman–Crippen LogP) is 1.90. The van der Waals surface area contributed by atoms with Crippen molar-refractivity contribution in [1.29, 1.82) is 0 Å². The Kier molecular flexibility index (Phi) is 3.58. The molecule has 1 aromatic heterocycles. The molecule has 1 heterocycles. The normalized spacial score (nSPS) is 10.6. The maximum atomic E-state index is 8.81. The van der Waals surface area contributed by atoms with Crippen molar-refractivity contribution in [3.8, 4) is 0 Å². The molecule has 0 saturated heterocycles. The fraction of sp³-hybridized carbons (Fsp3) is 0.273. The summed E-state index contributed by atoms with van der Waals surface area (Å²) in [7, 11) is 0. The number of aliphatic hydroxyl groups excluding tert-OH is 1. The number of aromatic amines is 1. The highest BCUT2D eigenvalue weighted by Crippen LogP contribution is 2.21. The SMILES string of the molecule is Cc1ccc(SCc2nc(CO)n[nH]2)cc1. The van der Waals surface area contributed by atoms with Gasteiger partial charge < -0.3 is 5.11 Å². The minimum absolute atomic E-state index is 0.119. The third-order valence-electron chi connectivity index (χ3n) is 2.12. The van der Waals surface area contributed by atoms with E-state index in [0.717, 1.165) is 11.6 Å². The van der Waals surface area contributed by atoms with Gasteiger partial charge in [0.2, 0.25) is 0 Å². The predicted molar refractivity (Wildman–Crippen MR) is 63.0 cm³/mol. The molecule has 4 nitrogen and oxygen atoms in total. The molecule has 0 aliphatic heterocycles. The van der Waals surface area contributed by atoms with Crippen LogP contribution in [0.15, 0.2) is 29.2 Å². The van der Waals surface area contributed by atoms with Crippen LogP contribution in [0.5, 0.6) is 0 Å². The summed E-state index contributed by atoms with van der Waals surface area (Å²) in [6.07, 6.45) is 0. The molecule has 0 unspecified atom stereocenters. The van der Waals surface area contributed by atoms with E-state index in [9.17, 15) is 0 Å². The minimum Gasteiger partial charge on any atom is -0.388 e. The molecule has 0 saturated carbocycles. The summed E-state index contributed by atoms with van der Waals surface area (Å²) in [6, 6.07) is 8.34. The molecular weight excluding hydrogens is 222 g/mol. The molecule has 2 rings (SSSR count). The fourth-order valence-electron chi connectivity index (χ4n) is 1.26. The number of aliphatic hydroxyl groups is 1. The summed E-state index contributed by atoms with van der Waals surface area (Å²) in [6.45, 7) is 1.95. The molecule has 2 aromatic rings. The van der Waals surface area contributed by atoms with E-state index in [1.54, 1.807) is 11.8 Å². The van der Waals surface area contributed by atoms with E-state index in [0.29, 0.717) is 5.82 Å². The van der Waals surface area contributed by atoms with Gasteiger partial charge in [0.05, 0.1) is 5.75 Å². The van der Waals surface area contributed by atoms with Crippen LogP contribution in [0.1, 0.15) is 17.2 Å². The van der Waals surface area contributed by atoms with Crippen molar-refractivity contribution >= 4 is 11.8 Å². The molecule has 16 heavy (non-hydrogen) atoms. The van der Waals surface area contributed by atoms with Crippen LogP contribution in [-0.2, 0) is 12.4 Å². The van der Waals surface area contributed by atoms with E-state index in [4.69, 9.17) is 5.11 Å². The van der Waals surface area contributed by atoms with E-state index < -0.39 is 0 Å². The zero-order valence-corrected chi connectivity index (χ0v) is 9.79. The third kappa shape index (κ3) is 2.84. The molecular formula is C11H13N3OS. The molecule has 0 aliphatic rings. The topological polar surface area (TPSA) is 61.8 Å². The second-order valence-electron chi connectivity index (χ2n) is 3.46. The standard InChI is InChI=1S/C11H13N3OS/c1-8-2-4-9(5-3-8)16-7-11-12-10(6-15)13-14-11/h2-5,15H,6-7H2,1H3,(H,12,13,14). The van der Waals surface area contributed by atoms with Gasteiger partial charge in [-0.2, -0.15) is 5.10 Å². The number of aromatic nitrogens is 3. The van der Waals surface area contributed by atoms with Gasteiger partial charge in [0.25, 0.3) is 0 Å². The molecule has 0 fully saturated rings. The number of H-pyrrole nitrogens is 1. The lowest BCUT2D eigenvalue weighted by atomic mass is 10.2. The Morgan fingerprint density at radius 2 is 2.06 bits per heavy atom. The highest BCUT2D eigenvalue weighted by Gasteiger charge is 2.02. The van der Waals surface area contributed by atoms with Gasteiger partial charge in [-0.25, -0.2) is 4.98 Å². The van der Waals surface area contributed by atoms with Crippen molar-refractivity contribution in [2.75, 3.05) is 0 Å². The molecule has 84 valence electrons. The molecule has 0 aliphatic carbocycles. The summed E-state index contributed by atoms with van der Waals surface area (Å²) in [4.78, 5) is 5.33. The van der Waals surface area contributed by atoms with Crippen molar-refractivity contribution in [3.05, 3.63) is 41.5 Å². The maximum Gasteiger partial charge on any atom is 0.176 e. The minimum atomic E-state index is -0.119. The van der Waals surface area contributed by atoms with E-state index in [-0.39, 0.29) is 6.61 Å². The van der Waals surface area contributed by atoms with Crippen LogP contribution in [0.4, 0.5) is 0 Å². The van der Waals surface area contributed by atoms with Gasteiger partial charge in [0.15, 0.2) is 5.82 Å². The molecule has 0 radical (unpaired) electrons. The third-order valence-corrected chi connectivity index (χ3v) is 3.14. The van der Waals surface area contributed by atoms with E-state index in [2.05, 4.69) is 46.4 Å². The molecule has 0 spiro atoms. The van der Waals surface area contributed by atoms with Gasteiger partial charge in [-0.05, 0) is 19.1 Å². The number of aryl methyl sites for hydroxylation is 1. The van der Waals surface area contributed by atoms with Crippen LogP contribution < -0.4 is 0 Å². The van der Waals surface area contributed by atoms with Crippen LogP contribution in [-0.4, -0.2) is 20.3 Å². The quantitative estimate of drug-likeness (QED) is 0.794. The Morgan fingerprint density at radius 3 is 2.69 bits per heavy atom. The average Bonchev–Trinajstić information content (AvgIpc) is 2.76.